The molecular formula is C49H45F2N7O5. The number of rotatable bonds is 9. The van der Waals surface area contributed by atoms with Gasteiger partial charge in [0, 0.05) is 90.6 Å². The number of carbonyl (C=O) groups is 4. The lowest BCUT2D eigenvalue weighted by Gasteiger charge is -2.34. The van der Waals surface area contributed by atoms with Crippen LogP contribution in [0.1, 0.15) is 99.7 Å². The fourth-order valence-electron chi connectivity index (χ4n) is 9.16. The van der Waals surface area contributed by atoms with Gasteiger partial charge in [-0.15, -0.1) is 0 Å². The summed E-state index contributed by atoms with van der Waals surface area (Å²) >= 11 is 0. The van der Waals surface area contributed by atoms with Gasteiger partial charge in [0.15, 0.2) is 0 Å². The van der Waals surface area contributed by atoms with Gasteiger partial charge in [-0.3, -0.25) is 39.3 Å². The SMILES string of the molecule is Cc1cc2c(N3CCCc4cc(-c5ccc(C(=O)NCc6cncc(-c7cccc8c7CN(C7CCC(=O)NC7=O)C8=O)c6)nc5)c(C(F)F)cc43)cc(C(C)C)cc2n(C)c1=O. The third-order valence-electron chi connectivity index (χ3n) is 12.5. The number of alkyl halides is 2. The number of piperidine rings is 1. The molecule has 4 amide bonds. The van der Waals surface area contributed by atoms with Crippen molar-refractivity contribution in [1.29, 1.82) is 0 Å². The Morgan fingerprint density at radius 1 is 0.905 bits per heavy atom. The van der Waals surface area contributed by atoms with E-state index in [4.69, 9.17) is 0 Å². The third-order valence-corrected chi connectivity index (χ3v) is 12.5. The summed E-state index contributed by atoms with van der Waals surface area (Å²) in [5.74, 6) is -1.40. The highest BCUT2D eigenvalue weighted by atomic mass is 19.3. The molecule has 6 heterocycles. The van der Waals surface area contributed by atoms with Gasteiger partial charge in [0.25, 0.3) is 23.8 Å². The number of imide groups is 1. The molecule has 0 bridgehead atoms. The summed E-state index contributed by atoms with van der Waals surface area (Å²) in [6.07, 6.45) is 3.87. The van der Waals surface area contributed by atoms with Crippen LogP contribution in [-0.4, -0.2) is 55.7 Å². The summed E-state index contributed by atoms with van der Waals surface area (Å²) in [7, 11) is 1.76. The van der Waals surface area contributed by atoms with Crippen LogP contribution in [0.3, 0.4) is 0 Å². The molecule has 1 unspecified atom stereocenters. The molecule has 14 heteroatoms. The second-order valence-corrected chi connectivity index (χ2v) is 16.9. The van der Waals surface area contributed by atoms with E-state index in [0.29, 0.717) is 46.5 Å². The van der Waals surface area contributed by atoms with Crippen molar-refractivity contribution in [2.45, 2.75) is 77.9 Å². The van der Waals surface area contributed by atoms with E-state index in [2.05, 4.69) is 45.4 Å². The number of carbonyl (C=O) groups excluding carboxylic acids is 4. The van der Waals surface area contributed by atoms with Gasteiger partial charge in [0.2, 0.25) is 11.8 Å². The molecule has 320 valence electrons. The first-order valence-corrected chi connectivity index (χ1v) is 21.1. The van der Waals surface area contributed by atoms with Crippen LogP contribution in [0.25, 0.3) is 33.2 Å². The lowest BCUT2D eigenvalue weighted by Crippen LogP contribution is -2.52. The van der Waals surface area contributed by atoms with Crippen LogP contribution in [0.4, 0.5) is 20.2 Å². The van der Waals surface area contributed by atoms with Gasteiger partial charge >= 0.3 is 0 Å². The predicted octanol–water partition coefficient (Wildman–Crippen LogP) is 7.81. The molecular weight excluding hydrogens is 805 g/mol. The smallest absolute Gasteiger partial charge is 0.270 e. The summed E-state index contributed by atoms with van der Waals surface area (Å²) in [6, 6.07) is 19.1. The maximum absolute atomic E-state index is 15.0. The average molecular weight is 850 g/mol. The van der Waals surface area contributed by atoms with E-state index in [0.717, 1.165) is 50.8 Å². The predicted molar refractivity (Wildman–Crippen MR) is 235 cm³/mol. The van der Waals surface area contributed by atoms with Gasteiger partial charge in [-0.2, -0.15) is 0 Å². The number of amides is 4. The number of halogens is 2. The van der Waals surface area contributed by atoms with Crippen LogP contribution in [0.2, 0.25) is 0 Å². The summed E-state index contributed by atoms with van der Waals surface area (Å²) in [4.78, 5) is 76.4. The first-order valence-electron chi connectivity index (χ1n) is 21.1. The van der Waals surface area contributed by atoms with Crippen molar-refractivity contribution in [2.75, 3.05) is 11.4 Å². The number of nitrogens with one attached hydrogen (secondary N) is 2. The van der Waals surface area contributed by atoms with E-state index in [9.17, 15) is 24.0 Å². The molecule has 6 aromatic rings. The zero-order chi connectivity index (χ0) is 44.3. The Labute approximate surface area is 362 Å². The Balaban J connectivity index is 0.938. The highest BCUT2D eigenvalue weighted by molar-refractivity contribution is 6.06. The van der Waals surface area contributed by atoms with Gasteiger partial charge in [-0.25, -0.2) is 8.78 Å². The van der Waals surface area contributed by atoms with Crippen molar-refractivity contribution >= 4 is 45.9 Å². The number of benzene rings is 3. The zero-order valence-electron chi connectivity index (χ0n) is 35.3. The monoisotopic (exact) mass is 849 g/mol. The fraction of sp³-hybridized carbons (Fsp3) is 0.286. The van der Waals surface area contributed by atoms with Crippen LogP contribution in [0.15, 0.2) is 90.1 Å². The molecule has 1 fully saturated rings. The number of anilines is 2. The quantitative estimate of drug-likeness (QED) is 0.140. The lowest BCUT2D eigenvalue weighted by molar-refractivity contribution is -0.136. The van der Waals surface area contributed by atoms with Gasteiger partial charge in [-0.05, 0) is 114 Å². The number of hydrogen-bond acceptors (Lipinski definition) is 8. The van der Waals surface area contributed by atoms with Gasteiger partial charge in [-0.1, -0.05) is 32.0 Å². The minimum Gasteiger partial charge on any atom is -0.347 e. The highest BCUT2D eigenvalue weighted by Gasteiger charge is 2.40. The number of pyridine rings is 3. The summed E-state index contributed by atoms with van der Waals surface area (Å²) in [5, 5.41) is 6.09. The molecule has 0 saturated carbocycles. The van der Waals surface area contributed by atoms with Crippen molar-refractivity contribution in [1.82, 2.24) is 30.1 Å². The Bertz CT molecular complexity index is 2950. The van der Waals surface area contributed by atoms with E-state index in [1.807, 2.05) is 30.3 Å². The average Bonchev–Trinajstić information content (AvgIpc) is 3.62. The van der Waals surface area contributed by atoms with E-state index in [1.54, 1.807) is 55.2 Å². The van der Waals surface area contributed by atoms with E-state index >= 15 is 8.78 Å². The first-order chi connectivity index (χ1) is 30.3. The second kappa shape index (κ2) is 16.3. The number of hydrogen-bond donors (Lipinski definition) is 2. The fourth-order valence-corrected chi connectivity index (χ4v) is 9.16. The normalized spacial score (nSPS) is 16.2. The molecule has 1 atom stereocenters. The van der Waals surface area contributed by atoms with Crippen molar-refractivity contribution in [3.63, 3.8) is 0 Å². The van der Waals surface area contributed by atoms with Crippen molar-refractivity contribution < 1.29 is 28.0 Å². The highest BCUT2D eigenvalue weighted by Crippen LogP contribution is 2.44. The molecule has 3 aliphatic rings. The van der Waals surface area contributed by atoms with Crippen LogP contribution >= 0.6 is 0 Å². The van der Waals surface area contributed by atoms with E-state index in [1.165, 1.54) is 17.2 Å². The molecule has 0 spiro atoms. The van der Waals surface area contributed by atoms with Crippen molar-refractivity contribution in [2.24, 2.45) is 7.05 Å². The standard InChI is InChI=1S/C49H45F2N7O5/c1-26(2)31-18-42-37(15-27(3)48(62)56(42)4)43(19-31)57-14-6-7-29-17-35(36(45(50)51)20-41(29)57)30-10-11-39(53-24-30)46(60)54-22-28-16-32(23-52-21-28)33-8-5-9-34-38(33)25-58(49(34)63)40-12-13-44(59)55-47(40)61/h5,8-11,15-21,23-24,26,40,45H,6-7,12-14,22,25H2,1-4H3,(H,54,60)(H,55,59,61). The Morgan fingerprint density at radius 3 is 2.46 bits per heavy atom. The molecule has 0 radical (unpaired) electrons. The molecule has 1 saturated heterocycles. The third kappa shape index (κ3) is 7.53. The summed E-state index contributed by atoms with van der Waals surface area (Å²) in [6.45, 7) is 6.91. The number of fused-ring (bicyclic) bond motifs is 3. The Hall–Kier alpha value is -7.09. The number of nitrogens with zero attached hydrogens (tertiary/aromatic N) is 5. The van der Waals surface area contributed by atoms with Gasteiger partial charge in [0.1, 0.15) is 11.7 Å². The lowest BCUT2D eigenvalue weighted by atomic mass is 9.91. The van der Waals surface area contributed by atoms with Gasteiger partial charge in [0.05, 0.1) is 11.2 Å². The Morgan fingerprint density at radius 2 is 1.71 bits per heavy atom. The van der Waals surface area contributed by atoms with E-state index in [-0.39, 0.29) is 60.5 Å². The van der Waals surface area contributed by atoms with Crippen molar-refractivity contribution in [3.8, 4) is 22.3 Å². The number of aromatic nitrogens is 3. The Kier molecular flexibility index (Phi) is 10.7. The molecule has 2 N–H and O–H groups in total. The molecule has 0 aliphatic carbocycles. The molecule has 12 nitrogen and oxygen atoms in total. The summed E-state index contributed by atoms with van der Waals surface area (Å²) < 4.78 is 31.7. The minimum absolute atomic E-state index is 0.0758. The van der Waals surface area contributed by atoms with Crippen LogP contribution in [0.5, 0.6) is 0 Å². The second-order valence-electron chi connectivity index (χ2n) is 16.9. The maximum atomic E-state index is 15.0. The topological polar surface area (TPSA) is 147 Å². The van der Waals surface area contributed by atoms with Crippen LogP contribution < -0.4 is 21.1 Å². The molecule has 3 aliphatic heterocycles. The zero-order valence-corrected chi connectivity index (χ0v) is 35.3. The van der Waals surface area contributed by atoms with E-state index < -0.39 is 24.3 Å². The maximum Gasteiger partial charge on any atom is 0.270 e. The van der Waals surface area contributed by atoms with Crippen LogP contribution in [-0.2, 0) is 36.1 Å². The summed E-state index contributed by atoms with van der Waals surface area (Å²) in [5.41, 5.74) is 9.06. The van der Waals surface area contributed by atoms with Crippen LogP contribution in [0, 0.1) is 6.92 Å². The first kappa shape index (κ1) is 41.3. The molecule has 3 aromatic heterocycles. The largest absolute Gasteiger partial charge is 0.347 e. The minimum atomic E-state index is -2.79. The molecule has 3 aromatic carbocycles. The van der Waals surface area contributed by atoms with Gasteiger partial charge < -0.3 is 19.7 Å². The molecule has 9 rings (SSSR count). The molecule has 63 heavy (non-hydrogen) atoms. The number of aryl methyl sites for hydroxylation is 3. The van der Waals surface area contributed by atoms with Crippen molar-refractivity contribution in [3.05, 3.63) is 140 Å².